The van der Waals surface area contributed by atoms with E-state index in [2.05, 4.69) is 5.10 Å². The number of hydrogen-bond acceptors (Lipinski definition) is 3. The Hall–Kier alpha value is -2.36. The molecule has 0 amide bonds. The van der Waals surface area contributed by atoms with Crippen LogP contribution >= 0.6 is 0 Å². The zero-order valence-corrected chi connectivity index (χ0v) is 11.3. The number of nitrogen functional groups attached to an aromatic ring is 1. The smallest absolute Gasteiger partial charge is 0.123 e. The molecule has 2 aromatic rings. The Balaban J connectivity index is 1.83. The molecule has 1 atom stereocenters. The lowest BCUT2D eigenvalue weighted by Gasteiger charge is -2.18. The van der Waals surface area contributed by atoms with Gasteiger partial charge < -0.3 is 5.73 Å². The van der Waals surface area contributed by atoms with Crippen LogP contribution in [-0.2, 0) is 0 Å². The summed E-state index contributed by atoms with van der Waals surface area (Å²) in [4.78, 5) is 0. The Morgan fingerprint density at radius 1 is 1.10 bits per heavy atom. The van der Waals surface area contributed by atoms with Crippen LogP contribution in [-0.4, -0.2) is 17.8 Å². The SMILES string of the molecule is CN1N=C(c2ccc(N)cc2)CC1c1ccc(F)cc1. The molecule has 0 aliphatic carbocycles. The fraction of sp³-hybridized carbons (Fsp3) is 0.188. The van der Waals surface area contributed by atoms with Crippen LogP contribution in [0.15, 0.2) is 53.6 Å². The number of nitrogens with zero attached hydrogens (tertiary/aromatic N) is 2. The molecule has 1 unspecified atom stereocenters. The highest BCUT2D eigenvalue weighted by atomic mass is 19.1. The number of rotatable bonds is 2. The predicted octanol–water partition coefficient (Wildman–Crippen LogP) is 3.19. The van der Waals surface area contributed by atoms with E-state index in [1.54, 1.807) is 0 Å². The second-order valence-corrected chi connectivity index (χ2v) is 5.01. The molecule has 1 aliphatic heterocycles. The highest BCUT2D eigenvalue weighted by Crippen LogP contribution is 2.31. The van der Waals surface area contributed by atoms with Crippen molar-refractivity contribution in [3.8, 4) is 0 Å². The van der Waals surface area contributed by atoms with Crippen molar-refractivity contribution in [2.75, 3.05) is 12.8 Å². The Morgan fingerprint density at radius 2 is 1.75 bits per heavy atom. The zero-order valence-electron chi connectivity index (χ0n) is 11.3. The van der Waals surface area contributed by atoms with Crippen LogP contribution in [0.4, 0.5) is 10.1 Å². The Kier molecular flexibility index (Phi) is 3.14. The molecule has 2 aromatic carbocycles. The van der Waals surface area contributed by atoms with Crippen molar-refractivity contribution in [2.24, 2.45) is 5.10 Å². The molecule has 0 radical (unpaired) electrons. The standard InChI is InChI=1S/C16H16FN3/c1-20-16(12-2-6-13(17)7-3-12)10-15(19-20)11-4-8-14(18)9-5-11/h2-9,16H,10,18H2,1H3. The molecule has 20 heavy (non-hydrogen) atoms. The van der Waals surface area contributed by atoms with Crippen LogP contribution in [0.25, 0.3) is 0 Å². The summed E-state index contributed by atoms with van der Waals surface area (Å²) in [7, 11) is 1.94. The molecule has 0 fully saturated rings. The molecule has 1 heterocycles. The number of benzene rings is 2. The van der Waals surface area contributed by atoms with Gasteiger partial charge in [0.2, 0.25) is 0 Å². The van der Waals surface area contributed by atoms with Gasteiger partial charge in [0, 0.05) is 19.2 Å². The van der Waals surface area contributed by atoms with E-state index in [4.69, 9.17) is 5.73 Å². The summed E-state index contributed by atoms with van der Waals surface area (Å²) in [6.45, 7) is 0. The number of nitrogens with two attached hydrogens (primary N) is 1. The Bertz CT molecular complexity index is 632. The molecule has 102 valence electrons. The molecule has 0 saturated carbocycles. The van der Waals surface area contributed by atoms with Gasteiger partial charge >= 0.3 is 0 Å². The van der Waals surface area contributed by atoms with E-state index in [9.17, 15) is 4.39 Å². The monoisotopic (exact) mass is 269 g/mol. The molecule has 2 N–H and O–H groups in total. The molecule has 0 saturated heterocycles. The molecule has 4 heteroatoms. The van der Waals surface area contributed by atoms with Crippen molar-refractivity contribution >= 4 is 11.4 Å². The summed E-state index contributed by atoms with van der Waals surface area (Å²) in [5.41, 5.74) is 9.63. The first-order valence-electron chi connectivity index (χ1n) is 6.55. The molecule has 0 aromatic heterocycles. The maximum absolute atomic E-state index is 13.0. The van der Waals surface area contributed by atoms with E-state index < -0.39 is 0 Å². The lowest BCUT2D eigenvalue weighted by atomic mass is 9.98. The van der Waals surface area contributed by atoms with Crippen molar-refractivity contribution < 1.29 is 4.39 Å². The largest absolute Gasteiger partial charge is 0.399 e. The fourth-order valence-electron chi connectivity index (χ4n) is 2.49. The van der Waals surface area contributed by atoms with Crippen LogP contribution in [0, 0.1) is 5.82 Å². The van der Waals surface area contributed by atoms with Gasteiger partial charge in [0.1, 0.15) is 5.82 Å². The van der Waals surface area contributed by atoms with Gasteiger partial charge in [0.05, 0.1) is 11.8 Å². The fourth-order valence-corrected chi connectivity index (χ4v) is 2.49. The number of anilines is 1. The molecular formula is C16H16FN3. The van der Waals surface area contributed by atoms with Crippen LogP contribution in [0.3, 0.4) is 0 Å². The van der Waals surface area contributed by atoms with Gasteiger partial charge in [-0.2, -0.15) is 5.10 Å². The van der Waals surface area contributed by atoms with Crippen LogP contribution in [0.1, 0.15) is 23.6 Å². The van der Waals surface area contributed by atoms with Crippen molar-refractivity contribution in [2.45, 2.75) is 12.5 Å². The summed E-state index contributed by atoms with van der Waals surface area (Å²) in [6.07, 6.45) is 0.812. The summed E-state index contributed by atoms with van der Waals surface area (Å²) in [6, 6.07) is 14.5. The second kappa shape index (κ2) is 4.96. The Morgan fingerprint density at radius 3 is 2.40 bits per heavy atom. The number of halogens is 1. The maximum Gasteiger partial charge on any atom is 0.123 e. The average molecular weight is 269 g/mol. The van der Waals surface area contributed by atoms with E-state index in [1.165, 1.54) is 12.1 Å². The first-order valence-corrected chi connectivity index (χ1v) is 6.55. The van der Waals surface area contributed by atoms with Gasteiger partial charge in [-0.15, -0.1) is 0 Å². The van der Waals surface area contributed by atoms with Gasteiger partial charge in [-0.25, -0.2) is 4.39 Å². The zero-order chi connectivity index (χ0) is 14.1. The summed E-state index contributed by atoms with van der Waals surface area (Å²) in [5, 5.41) is 6.51. The first kappa shape index (κ1) is 12.7. The number of hydrogen-bond donors (Lipinski definition) is 1. The highest BCUT2D eigenvalue weighted by molar-refractivity contribution is 6.02. The summed E-state index contributed by atoms with van der Waals surface area (Å²) in [5.74, 6) is -0.214. The van der Waals surface area contributed by atoms with Crippen LogP contribution in [0.2, 0.25) is 0 Å². The maximum atomic E-state index is 13.0. The van der Waals surface area contributed by atoms with Gasteiger partial charge in [0.15, 0.2) is 0 Å². The minimum atomic E-state index is -0.214. The number of hydrazone groups is 1. The molecule has 3 nitrogen and oxygen atoms in total. The molecule has 0 bridgehead atoms. The van der Waals surface area contributed by atoms with E-state index in [0.29, 0.717) is 0 Å². The molecule has 1 aliphatic rings. The quantitative estimate of drug-likeness (QED) is 0.851. The van der Waals surface area contributed by atoms with Crippen molar-refractivity contribution in [3.05, 3.63) is 65.5 Å². The van der Waals surface area contributed by atoms with Gasteiger partial charge in [-0.05, 0) is 35.4 Å². The minimum Gasteiger partial charge on any atom is -0.399 e. The molecule has 0 spiro atoms. The normalized spacial score (nSPS) is 18.2. The van der Waals surface area contributed by atoms with E-state index in [1.807, 2.05) is 48.5 Å². The highest BCUT2D eigenvalue weighted by Gasteiger charge is 2.25. The van der Waals surface area contributed by atoms with Gasteiger partial charge in [-0.1, -0.05) is 24.3 Å². The summed E-state index contributed by atoms with van der Waals surface area (Å²) < 4.78 is 13.0. The van der Waals surface area contributed by atoms with Crippen molar-refractivity contribution in [1.82, 2.24) is 5.01 Å². The second-order valence-electron chi connectivity index (χ2n) is 5.01. The van der Waals surface area contributed by atoms with Gasteiger partial charge in [0.25, 0.3) is 0 Å². The predicted molar refractivity (Wildman–Crippen MR) is 78.9 cm³/mol. The van der Waals surface area contributed by atoms with E-state index in [-0.39, 0.29) is 11.9 Å². The van der Waals surface area contributed by atoms with Crippen LogP contribution in [0.5, 0.6) is 0 Å². The first-order chi connectivity index (χ1) is 9.63. The average Bonchev–Trinajstić information content (AvgIpc) is 2.82. The molecule has 3 rings (SSSR count). The third kappa shape index (κ3) is 2.37. The third-order valence-electron chi connectivity index (χ3n) is 3.61. The lowest BCUT2D eigenvalue weighted by Crippen LogP contribution is -2.13. The molecular weight excluding hydrogens is 253 g/mol. The van der Waals surface area contributed by atoms with Crippen molar-refractivity contribution in [1.29, 1.82) is 0 Å². The topological polar surface area (TPSA) is 41.6 Å². The Labute approximate surface area is 117 Å². The minimum absolute atomic E-state index is 0.156. The summed E-state index contributed by atoms with van der Waals surface area (Å²) >= 11 is 0. The van der Waals surface area contributed by atoms with Gasteiger partial charge in [-0.3, -0.25) is 5.01 Å². The van der Waals surface area contributed by atoms with E-state index in [0.717, 1.165) is 28.9 Å². The third-order valence-corrected chi connectivity index (χ3v) is 3.61. The van der Waals surface area contributed by atoms with E-state index >= 15 is 0 Å². The lowest BCUT2D eigenvalue weighted by molar-refractivity contribution is 0.289. The van der Waals surface area contributed by atoms with Crippen molar-refractivity contribution in [3.63, 3.8) is 0 Å². The van der Waals surface area contributed by atoms with Crippen LogP contribution < -0.4 is 5.73 Å².